The lowest BCUT2D eigenvalue weighted by Gasteiger charge is -2.09. The minimum atomic E-state index is -1.41. The highest BCUT2D eigenvalue weighted by atomic mass is 31.1. The number of carbonyl (C=O) groups is 1. The van der Waals surface area contributed by atoms with Crippen molar-refractivity contribution in [3.8, 4) is 0 Å². The first-order valence-electron chi connectivity index (χ1n) is 5.93. The van der Waals surface area contributed by atoms with Gasteiger partial charge in [-0.2, -0.15) is 0 Å². The molecule has 0 N–H and O–H groups in total. The van der Waals surface area contributed by atoms with Gasteiger partial charge in [-0.15, -0.1) is 0 Å². The highest BCUT2D eigenvalue weighted by Gasteiger charge is 2.28. The van der Waals surface area contributed by atoms with Crippen molar-refractivity contribution >= 4 is 18.8 Å². The molecule has 2 nitrogen and oxygen atoms in total. The molecule has 0 radical (unpaired) electrons. The van der Waals surface area contributed by atoms with Crippen molar-refractivity contribution < 1.29 is 9.69 Å². The summed E-state index contributed by atoms with van der Waals surface area (Å²) in [6.45, 7) is 5.93. The van der Waals surface area contributed by atoms with Gasteiger partial charge in [0.15, 0.2) is 5.29 Å². The van der Waals surface area contributed by atoms with Crippen LogP contribution in [0.1, 0.15) is 39.9 Å². The third kappa shape index (κ3) is 2.34. The second kappa shape index (κ2) is 4.72. The molecule has 1 aromatic carbocycles. The molecule has 1 atom stereocenters. The Morgan fingerprint density at radius 1 is 1.24 bits per heavy atom. The number of hydrogen-bond donors (Lipinski definition) is 0. The fourth-order valence-corrected chi connectivity index (χ4v) is 4.02. The van der Waals surface area contributed by atoms with E-state index in [0.717, 1.165) is 28.7 Å². The Bertz CT molecular complexity index is 492. The Morgan fingerprint density at radius 2 is 1.82 bits per heavy atom. The van der Waals surface area contributed by atoms with E-state index in [4.69, 9.17) is 0 Å². The lowest BCUT2D eigenvalue weighted by Crippen LogP contribution is -2.16. The van der Waals surface area contributed by atoms with Gasteiger partial charge >= 0.3 is 0 Å². The predicted molar refractivity (Wildman–Crippen MR) is 71.0 cm³/mol. The van der Waals surface area contributed by atoms with E-state index in [1.807, 2.05) is 32.9 Å². The minimum Gasteiger partial charge on any atom is -0.630 e. The summed E-state index contributed by atoms with van der Waals surface area (Å²) in [4.78, 5) is 24.2. The Morgan fingerprint density at radius 3 is 2.29 bits per heavy atom. The summed E-state index contributed by atoms with van der Waals surface area (Å²) in [6, 6.07) is 4.03. The van der Waals surface area contributed by atoms with Crippen LogP contribution in [0.5, 0.6) is 0 Å². The number of benzene rings is 1. The van der Waals surface area contributed by atoms with Gasteiger partial charge in [0.05, 0.1) is 7.77 Å². The van der Waals surface area contributed by atoms with E-state index < -0.39 is 7.77 Å². The maximum absolute atomic E-state index is 12.4. The van der Waals surface area contributed by atoms with E-state index in [9.17, 15) is 9.69 Å². The number of ketones is 1. The quantitative estimate of drug-likeness (QED) is 0.596. The van der Waals surface area contributed by atoms with Gasteiger partial charge in [-0.3, -0.25) is 4.79 Å². The molecule has 1 aliphatic rings. The van der Waals surface area contributed by atoms with E-state index in [1.165, 1.54) is 0 Å². The molecule has 1 unspecified atom stereocenters. The third-order valence-electron chi connectivity index (χ3n) is 3.24. The molecule has 0 amide bonds. The molecule has 1 heterocycles. The van der Waals surface area contributed by atoms with Gasteiger partial charge in [0, 0.05) is 12.0 Å². The molecule has 1 aromatic rings. The number of Topliss-reactive ketones (excluding diaryl/α,β-unsaturated/α-hetero) is 1. The molecule has 0 spiro atoms. The van der Waals surface area contributed by atoms with Crippen molar-refractivity contribution in [2.45, 2.75) is 33.6 Å². The van der Waals surface area contributed by atoms with Crippen LogP contribution in [0.15, 0.2) is 12.1 Å². The molecule has 0 aliphatic carbocycles. The Kier molecular flexibility index (Phi) is 3.46. The SMILES string of the molecule is Cc1cc(C)c(C(=O)C2=[P+]([O-])CCC2)c(C)c1. The second-order valence-electron chi connectivity index (χ2n) is 4.76. The molecule has 17 heavy (non-hydrogen) atoms. The van der Waals surface area contributed by atoms with E-state index in [2.05, 4.69) is 0 Å². The fraction of sp³-hybridized carbons (Fsp3) is 0.429. The number of rotatable bonds is 2. The summed E-state index contributed by atoms with van der Waals surface area (Å²) in [5, 5.41) is 0.648. The topological polar surface area (TPSA) is 40.1 Å². The molecule has 3 heteroatoms. The molecule has 1 aliphatic heterocycles. The van der Waals surface area contributed by atoms with Crippen molar-refractivity contribution in [3.63, 3.8) is 0 Å². The van der Waals surface area contributed by atoms with Crippen LogP contribution in [0, 0.1) is 20.8 Å². The molecule has 0 fully saturated rings. The van der Waals surface area contributed by atoms with Crippen molar-refractivity contribution in [1.82, 2.24) is 0 Å². The molecule has 90 valence electrons. The zero-order valence-corrected chi connectivity index (χ0v) is 11.4. The Labute approximate surface area is 103 Å². The summed E-state index contributed by atoms with van der Waals surface area (Å²) < 4.78 is 0. The maximum atomic E-state index is 12.4. The van der Waals surface area contributed by atoms with Crippen molar-refractivity contribution in [1.29, 1.82) is 0 Å². The zero-order chi connectivity index (χ0) is 12.6. The predicted octanol–water partition coefficient (Wildman–Crippen LogP) is 2.52. The van der Waals surface area contributed by atoms with E-state index in [-0.39, 0.29) is 5.78 Å². The standard InChI is InChI=1S/C14H17O2P/c1-9-7-10(2)13(11(3)8-9)14(15)12-5-4-6-17(12)16/h7-8H,4-6H2,1-3H3. The highest BCUT2D eigenvalue weighted by molar-refractivity contribution is 7.55. The van der Waals surface area contributed by atoms with Crippen LogP contribution in [0.25, 0.3) is 0 Å². The number of hydrogen-bond acceptors (Lipinski definition) is 2. The summed E-state index contributed by atoms with van der Waals surface area (Å²) in [5.41, 5.74) is 3.92. The van der Waals surface area contributed by atoms with E-state index >= 15 is 0 Å². The molecule has 0 bridgehead atoms. The van der Waals surface area contributed by atoms with E-state index in [1.54, 1.807) is 0 Å². The summed E-state index contributed by atoms with van der Waals surface area (Å²) in [6.07, 6.45) is 2.28. The van der Waals surface area contributed by atoms with Crippen molar-refractivity contribution in [3.05, 3.63) is 34.4 Å². The second-order valence-corrected chi connectivity index (χ2v) is 6.50. The first-order chi connectivity index (χ1) is 8.00. The molecule has 0 aromatic heterocycles. The summed E-state index contributed by atoms with van der Waals surface area (Å²) >= 11 is 0. The van der Waals surface area contributed by atoms with Gasteiger partial charge < -0.3 is 4.89 Å². The lowest BCUT2D eigenvalue weighted by atomic mass is 9.94. The molecular weight excluding hydrogens is 231 g/mol. The molecule has 0 saturated carbocycles. The van der Waals surface area contributed by atoms with Gasteiger partial charge in [0.2, 0.25) is 5.78 Å². The molecule has 0 saturated heterocycles. The van der Waals surface area contributed by atoms with Gasteiger partial charge in [0.1, 0.15) is 6.16 Å². The average molecular weight is 248 g/mol. The van der Waals surface area contributed by atoms with Gasteiger partial charge in [0.25, 0.3) is 0 Å². The van der Waals surface area contributed by atoms with Crippen LogP contribution >= 0.6 is 7.77 Å². The fourth-order valence-electron chi connectivity index (χ4n) is 2.56. The molecular formula is C14H17O2P. The van der Waals surface area contributed by atoms with Crippen molar-refractivity contribution in [2.24, 2.45) is 0 Å². The normalized spacial score (nSPS) is 17.6. The van der Waals surface area contributed by atoms with Crippen LogP contribution in [0.3, 0.4) is 0 Å². The lowest BCUT2D eigenvalue weighted by molar-refractivity contribution is -0.152. The third-order valence-corrected chi connectivity index (χ3v) is 4.99. The van der Waals surface area contributed by atoms with E-state index in [0.29, 0.717) is 17.9 Å². The molecule has 2 rings (SSSR count). The summed E-state index contributed by atoms with van der Waals surface area (Å²) in [7, 11) is -1.41. The highest BCUT2D eigenvalue weighted by Crippen LogP contribution is 2.30. The van der Waals surface area contributed by atoms with Crippen LogP contribution in [-0.4, -0.2) is 17.2 Å². The van der Waals surface area contributed by atoms with Crippen LogP contribution in [-0.2, 0) is 0 Å². The first-order valence-corrected chi connectivity index (χ1v) is 7.38. The number of carbonyl (C=O) groups excluding carboxylic acids is 1. The largest absolute Gasteiger partial charge is 0.630 e. The van der Waals surface area contributed by atoms with Crippen LogP contribution < -0.4 is 4.89 Å². The first kappa shape index (κ1) is 12.5. The van der Waals surface area contributed by atoms with Crippen LogP contribution in [0.2, 0.25) is 0 Å². The zero-order valence-electron chi connectivity index (χ0n) is 10.5. The smallest absolute Gasteiger partial charge is 0.230 e. The monoisotopic (exact) mass is 248 g/mol. The summed E-state index contributed by atoms with van der Waals surface area (Å²) in [5.74, 6) is 0.0126. The maximum Gasteiger partial charge on any atom is 0.230 e. The number of aryl methyl sites for hydroxylation is 3. The van der Waals surface area contributed by atoms with Gasteiger partial charge in [-0.05, 0) is 38.3 Å². The van der Waals surface area contributed by atoms with Gasteiger partial charge in [-0.1, -0.05) is 17.7 Å². The average Bonchev–Trinajstić information content (AvgIpc) is 2.62. The van der Waals surface area contributed by atoms with Crippen LogP contribution in [0.4, 0.5) is 0 Å². The Hall–Kier alpha value is -0.980. The van der Waals surface area contributed by atoms with Gasteiger partial charge in [-0.25, -0.2) is 0 Å². The minimum absolute atomic E-state index is 0.0126. The Balaban J connectivity index is 2.48. The van der Waals surface area contributed by atoms with Crippen molar-refractivity contribution in [2.75, 3.05) is 6.16 Å².